The zero-order valence-electron chi connectivity index (χ0n) is 10.9. The molecule has 0 saturated carbocycles. The Morgan fingerprint density at radius 2 is 1.94 bits per heavy atom. The number of aromatic nitrogens is 1. The first kappa shape index (κ1) is 14.4. The molecule has 3 N–H and O–H groups in total. The van der Waals surface area contributed by atoms with Gasteiger partial charge in [-0.25, -0.2) is 4.79 Å². The van der Waals surface area contributed by atoms with Crippen LogP contribution in [0.1, 0.15) is 38.3 Å². The quantitative estimate of drug-likeness (QED) is 0.719. The van der Waals surface area contributed by atoms with Crippen LogP contribution in [0.25, 0.3) is 0 Å². The van der Waals surface area contributed by atoms with E-state index in [0.29, 0.717) is 6.42 Å². The van der Waals surface area contributed by atoms with Gasteiger partial charge in [0, 0.05) is 12.4 Å². The van der Waals surface area contributed by atoms with Gasteiger partial charge in [0.25, 0.3) is 0 Å². The molecule has 18 heavy (non-hydrogen) atoms. The monoisotopic (exact) mass is 251 g/mol. The average Bonchev–Trinajstić information content (AvgIpc) is 2.43. The van der Waals surface area contributed by atoms with Gasteiger partial charge in [-0.2, -0.15) is 0 Å². The molecular formula is C13H21N3O2. The molecule has 1 aromatic heterocycles. The summed E-state index contributed by atoms with van der Waals surface area (Å²) in [5.74, 6) is 0. The first-order valence-corrected chi connectivity index (χ1v) is 6.29. The number of hydrogen-bond acceptors (Lipinski definition) is 3. The van der Waals surface area contributed by atoms with Gasteiger partial charge in [-0.3, -0.25) is 4.98 Å². The summed E-state index contributed by atoms with van der Waals surface area (Å²) in [7, 11) is 0. The lowest BCUT2D eigenvalue weighted by molar-refractivity contribution is 0.211. The molecular weight excluding hydrogens is 230 g/mol. The molecule has 0 bridgehead atoms. The Balaban J connectivity index is 2.56. The van der Waals surface area contributed by atoms with Crippen molar-refractivity contribution in [3.63, 3.8) is 0 Å². The molecule has 5 nitrogen and oxygen atoms in total. The highest BCUT2D eigenvalue weighted by Crippen LogP contribution is 2.14. The van der Waals surface area contributed by atoms with Crippen LogP contribution >= 0.6 is 0 Å². The van der Waals surface area contributed by atoms with Gasteiger partial charge >= 0.3 is 6.03 Å². The minimum atomic E-state index is -0.250. The van der Waals surface area contributed by atoms with Gasteiger partial charge in [-0.15, -0.1) is 0 Å². The van der Waals surface area contributed by atoms with E-state index < -0.39 is 0 Å². The largest absolute Gasteiger partial charge is 0.394 e. The lowest BCUT2D eigenvalue weighted by Crippen LogP contribution is -2.44. The van der Waals surface area contributed by atoms with Crippen LogP contribution in [0.4, 0.5) is 4.79 Å². The van der Waals surface area contributed by atoms with Crippen LogP contribution in [0.3, 0.4) is 0 Å². The number of rotatable bonds is 6. The number of aliphatic hydroxyl groups is 1. The van der Waals surface area contributed by atoms with Crippen molar-refractivity contribution in [2.75, 3.05) is 6.61 Å². The first-order valence-electron chi connectivity index (χ1n) is 6.29. The van der Waals surface area contributed by atoms with E-state index in [0.717, 1.165) is 12.0 Å². The van der Waals surface area contributed by atoms with Gasteiger partial charge in [0.15, 0.2) is 0 Å². The highest BCUT2D eigenvalue weighted by molar-refractivity contribution is 5.74. The van der Waals surface area contributed by atoms with E-state index in [1.807, 2.05) is 26.0 Å². The van der Waals surface area contributed by atoms with Crippen LogP contribution in [-0.2, 0) is 0 Å². The van der Waals surface area contributed by atoms with Crippen molar-refractivity contribution in [3.8, 4) is 0 Å². The predicted molar refractivity (Wildman–Crippen MR) is 70.1 cm³/mol. The number of aliphatic hydroxyl groups excluding tert-OH is 1. The van der Waals surface area contributed by atoms with Crippen LogP contribution in [0.15, 0.2) is 24.5 Å². The second kappa shape index (κ2) is 7.66. The molecule has 2 unspecified atom stereocenters. The van der Waals surface area contributed by atoms with Gasteiger partial charge in [0.05, 0.1) is 18.7 Å². The van der Waals surface area contributed by atoms with E-state index in [2.05, 4.69) is 15.6 Å². The highest BCUT2D eigenvalue weighted by Gasteiger charge is 2.14. The molecule has 2 atom stereocenters. The number of nitrogens with zero attached hydrogens (tertiary/aromatic N) is 1. The SMILES string of the molecule is CCC(CO)NC(=O)NC(CC)c1ccncc1. The number of carbonyl (C=O) groups is 1. The fourth-order valence-corrected chi connectivity index (χ4v) is 1.68. The maximum Gasteiger partial charge on any atom is 0.315 e. The van der Waals surface area contributed by atoms with Gasteiger partial charge in [-0.05, 0) is 30.5 Å². The van der Waals surface area contributed by atoms with Crippen LogP contribution < -0.4 is 10.6 Å². The van der Waals surface area contributed by atoms with Crippen LogP contribution in [0, 0.1) is 0 Å². The highest BCUT2D eigenvalue weighted by atomic mass is 16.3. The number of nitrogens with one attached hydrogen (secondary N) is 2. The normalized spacial score (nSPS) is 13.7. The number of carbonyl (C=O) groups excluding carboxylic acids is 1. The Morgan fingerprint density at radius 1 is 1.28 bits per heavy atom. The molecule has 0 aromatic carbocycles. The first-order chi connectivity index (χ1) is 8.71. The average molecular weight is 251 g/mol. The van der Waals surface area contributed by atoms with Crippen molar-refractivity contribution < 1.29 is 9.90 Å². The van der Waals surface area contributed by atoms with E-state index >= 15 is 0 Å². The number of pyridine rings is 1. The van der Waals surface area contributed by atoms with Crippen LogP contribution in [-0.4, -0.2) is 28.8 Å². The fourth-order valence-electron chi connectivity index (χ4n) is 1.68. The summed E-state index contributed by atoms with van der Waals surface area (Å²) in [5.41, 5.74) is 1.03. The minimum absolute atomic E-state index is 0.0378. The van der Waals surface area contributed by atoms with Gasteiger partial charge in [-0.1, -0.05) is 13.8 Å². The molecule has 1 rings (SSSR count). The molecule has 1 aromatic rings. The predicted octanol–water partition coefficient (Wildman–Crippen LogP) is 1.60. The maximum absolute atomic E-state index is 11.8. The third-order valence-electron chi connectivity index (χ3n) is 2.87. The lowest BCUT2D eigenvalue weighted by atomic mass is 10.1. The zero-order valence-corrected chi connectivity index (χ0v) is 10.9. The molecule has 100 valence electrons. The summed E-state index contributed by atoms with van der Waals surface area (Å²) >= 11 is 0. The second-order valence-electron chi connectivity index (χ2n) is 4.15. The van der Waals surface area contributed by atoms with Crippen molar-refractivity contribution in [2.24, 2.45) is 0 Å². The smallest absolute Gasteiger partial charge is 0.315 e. The molecule has 0 radical (unpaired) electrons. The van der Waals surface area contributed by atoms with Gasteiger partial charge in [0.2, 0.25) is 0 Å². The Morgan fingerprint density at radius 3 is 2.44 bits per heavy atom. The molecule has 0 saturated heterocycles. The Kier molecular flexibility index (Phi) is 6.14. The Labute approximate surface area is 108 Å². The van der Waals surface area contributed by atoms with Crippen molar-refractivity contribution in [3.05, 3.63) is 30.1 Å². The topological polar surface area (TPSA) is 74.2 Å². The summed E-state index contributed by atoms with van der Waals surface area (Å²) < 4.78 is 0. The number of urea groups is 1. The third-order valence-corrected chi connectivity index (χ3v) is 2.87. The third kappa shape index (κ3) is 4.33. The van der Waals surface area contributed by atoms with E-state index in [1.165, 1.54) is 0 Å². The number of hydrogen-bond donors (Lipinski definition) is 3. The molecule has 5 heteroatoms. The van der Waals surface area contributed by atoms with Crippen molar-refractivity contribution in [1.29, 1.82) is 0 Å². The van der Waals surface area contributed by atoms with E-state index in [-0.39, 0.29) is 24.7 Å². The maximum atomic E-state index is 11.8. The van der Waals surface area contributed by atoms with E-state index in [1.54, 1.807) is 12.4 Å². The summed E-state index contributed by atoms with van der Waals surface area (Å²) in [5, 5.41) is 14.7. The number of amides is 2. The Bertz CT molecular complexity index is 353. The van der Waals surface area contributed by atoms with Gasteiger partial charge in [0.1, 0.15) is 0 Å². The van der Waals surface area contributed by atoms with E-state index in [4.69, 9.17) is 5.11 Å². The molecule has 2 amide bonds. The Hall–Kier alpha value is -1.62. The van der Waals surface area contributed by atoms with Crippen LogP contribution in [0.5, 0.6) is 0 Å². The standard InChI is InChI=1S/C13H21N3O2/c1-3-11(9-17)15-13(18)16-12(4-2)10-5-7-14-8-6-10/h5-8,11-12,17H,3-4,9H2,1-2H3,(H2,15,16,18). The fraction of sp³-hybridized carbons (Fsp3) is 0.538. The molecule has 0 spiro atoms. The molecule has 0 fully saturated rings. The van der Waals surface area contributed by atoms with Crippen molar-refractivity contribution in [1.82, 2.24) is 15.6 Å². The van der Waals surface area contributed by atoms with Crippen molar-refractivity contribution in [2.45, 2.75) is 38.8 Å². The second-order valence-corrected chi connectivity index (χ2v) is 4.15. The summed E-state index contributed by atoms with van der Waals surface area (Å²) in [6.07, 6.45) is 4.92. The zero-order chi connectivity index (χ0) is 13.4. The minimum Gasteiger partial charge on any atom is -0.394 e. The van der Waals surface area contributed by atoms with E-state index in [9.17, 15) is 4.79 Å². The van der Waals surface area contributed by atoms with Gasteiger partial charge < -0.3 is 15.7 Å². The lowest BCUT2D eigenvalue weighted by Gasteiger charge is -2.20. The molecule has 0 aliphatic rings. The van der Waals surface area contributed by atoms with Crippen LogP contribution in [0.2, 0.25) is 0 Å². The summed E-state index contributed by atoms with van der Waals surface area (Å²) in [6.45, 7) is 3.88. The van der Waals surface area contributed by atoms with Crippen molar-refractivity contribution >= 4 is 6.03 Å². The summed E-state index contributed by atoms with van der Waals surface area (Å²) in [6, 6.07) is 3.29. The molecule has 0 aliphatic heterocycles. The molecule has 0 aliphatic carbocycles. The summed E-state index contributed by atoms with van der Waals surface area (Å²) in [4.78, 5) is 15.7. The molecule has 1 heterocycles.